The number of rotatable bonds is 6. The van der Waals surface area contributed by atoms with Gasteiger partial charge in [0, 0.05) is 18.5 Å². The number of amides is 2. The van der Waals surface area contributed by atoms with Crippen LogP contribution in [0.4, 0.5) is 4.39 Å². The Kier molecular flexibility index (Phi) is 4.96. The molecule has 3 rings (SSSR count). The van der Waals surface area contributed by atoms with Crippen LogP contribution in [0.15, 0.2) is 47.5 Å². The van der Waals surface area contributed by atoms with E-state index in [4.69, 9.17) is 0 Å². The summed E-state index contributed by atoms with van der Waals surface area (Å²) >= 11 is 1.38. The van der Waals surface area contributed by atoms with E-state index in [1.54, 1.807) is 30.1 Å². The molecule has 0 radical (unpaired) electrons. The fraction of sp³-hybridized carbons (Fsp3) is 0.222. The number of thiophene rings is 1. The van der Waals surface area contributed by atoms with Crippen LogP contribution < -0.4 is 0 Å². The van der Waals surface area contributed by atoms with Gasteiger partial charge in [-0.05, 0) is 29.1 Å². The maximum Gasteiger partial charge on any atom is 0.278 e. The lowest BCUT2D eigenvalue weighted by Crippen LogP contribution is -2.34. The van der Waals surface area contributed by atoms with E-state index in [0.717, 1.165) is 4.90 Å². The van der Waals surface area contributed by atoms with Crippen LogP contribution in [0.1, 0.15) is 10.4 Å². The summed E-state index contributed by atoms with van der Waals surface area (Å²) in [6, 6.07) is 9.31. The molecule has 2 aromatic rings. The maximum absolute atomic E-state index is 13.1. The van der Waals surface area contributed by atoms with Crippen LogP contribution >= 0.6 is 11.3 Å². The normalized spacial score (nSPS) is 14.6. The molecule has 25 heavy (non-hydrogen) atoms. The number of likely N-dealkylation sites (N-methyl/N-ethyl adjacent to an activating group) is 1. The molecule has 0 saturated carbocycles. The zero-order chi connectivity index (χ0) is 18.0. The summed E-state index contributed by atoms with van der Waals surface area (Å²) in [6.45, 7) is 0.189. The average molecular weight is 360 g/mol. The number of imide groups is 1. The van der Waals surface area contributed by atoms with Gasteiger partial charge in [0.25, 0.3) is 11.8 Å². The highest BCUT2D eigenvalue weighted by molar-refractivity contribution is 7.11. The van der Waals surface area contributed by atoms with Gasteiger partial charge < -0.3 is 10.0 Å². The second-order valence-electron chi connectivity index (χ2n) is 5.67. The molecule has 0 spiro atoms. The van der Waals surface area contributed by atoms with Crippen molar-refractivity contribution in [1.29, 1.82) is 0 Å². The fourth-order valence-electron chi connectivity index (χ4n) is 2.74. The lowest BCUT2D eigenvalue weighted by atomic mass is 10.1. The molecule has 1 aliphatic rings. The lowest BCUT2D eigenvalue weighted by Gasteiger charge is -2.20. The van der Waals surface area contributed by atoms with Gasteiger partial charge in [0.2, 0.25) is 0 Å². The van der Waals surface area contributed by atoms with Crippen molar-refractivity contribution in [3.63, 3.8) is 0 Å². The van der Waals surface area contributed by atoms with Crippen molar-refractivity contribution in [2.45, 2.75) is 6.54 Å². The predicted octanol–water partition coefficient (Wildman–Crippen LogP) is 2.09. The Hall–Kier alpha value is -2.51. The van der Waals surface area contributed by atoms with E-state index in [0.29, 0.717) is 16.0 Å². The minimum absolute atomic E-state index is 0.0727. The van der Waals surface area contributed by atoms with Crippen molar-refractivity contribution < 1.29 is 19.1 Å². The third-order valence-electron chi connectivity index (χ3n) is 3.98. The van der Waals surface area contributed by atoms with E-state index in [1.165, 1.54) is 23.5 Å². The van der Waals surface area contributed by atoms with Gasteiger partial charge in [-0.2, -0.15) is 0 Å². The summed E-state index contributed by atoms with van der Waals surface area (Å²) in [4.78, 5) is 29.2. The molecule has 130 valence electrons. The first-order chi connectivity index (χ1) is 12.0. The predicted molar refractivity (Wildman–Crippen MR) is 92.9 cm³/mol. The van der Waals surface area contributed by atoms with Crippen molar-refractivity contribution in [3.05, 3.63) is 63.7 Å². The number of aliphatic hydroxyl groups excluding tert-OH is 1. The van der Waals surface area contributed by atoms with Gasteiger partial charge in [-0.3, -0.25) is 14.5 Å². The molecule has 0 aliphatic carbocycles. The van der Waals surface area contributed by atoms with Crippen molar-refractivity contribution in [2.24, 2.45) is 0 Å². The topological polar surface area (TPSA) is 60.9 Å². The largest absolute Gasteiger partial charge is 0.395 e. The van der Waals surface area contributed by atoms with E-state index in [2.05, 4.69) is 0 Å². The molecule has 1 aromatic heterocycles. The molecule has 0 atom stereocenters. The van der Waals surface area contributed by atoms with Crippen LogP contribution in [-0.2, 0) is 16.1 Å². The Morgan fingerprint density at radius 2 is 1.88 bits per heavy atom. The Balaban J connectivity index is 1.96. The first-order valence-corrected chi connectivity index (χ1v) is 8.61. The second kappa shape index (κ2) is 7.16. The molecule has 1 N–H and O–H groups in total. The number of carbonyl (C=O) groups is 2. The van der Waals surface area contributed by atoms with Crippen molar-refractivity contribution >= 4 is 28.7 Å². The molecule has 0 saturated heterocycles. The molecule has 0 bridgehead atoms. The van der Waals surface area contributed by atoms with Gasteiger partial charge in [-0.25, -0.2) is 4.39 Å². The Morgan fingerprint density at radius 3 is 2.48 bits per heavy atom. The molecule has 2 heterocycles. The number of aliphatic hydroxyl groups is 1. The van der Waals surface area contributed by atoms with Gasteiger partial charge >= 0.3 is 0 Å². The van der Waals surface area contributed by atoms with Gasteiger partial charge in [-0.15, -0.1) is 11.3 Å². The Bertz CT molecular complexity index is 815. The summed E-state index contributed by atoms with van der Waals surface area (Å²) in [5.41, 5.74) is 1.29. The summed E-state index contributed by atoms with van der Waals surface area (Å²) in [7, 11) is 1.67. The molecule has 5 nitrogen and oxygen atoms in total. The highest BCUT2D eigenvalue weighted by atomic mass is 32.1. The molecule has 0 fully saturated rings. The number of hydrogen-bond donors (Lipinski definition) is 1. The summed E-state index contributed by atoms with van der Waals surface area (Å²) in [5.74, 6) is -1.16. The molecule has 0 unspecified atom stereocenters. The molecular weight excluding hydrogens is 343 g/mol. The summed E-state index contributed by atoms with van der Waals surface area (Å²) in [6.07, 6.45) is 0. The van der Waals surface area contributed by atoms with Gasteiger partial charge in [0.15, 0.2) is 0 Å². The highest BCUT2D eigenvalue weighted by Crippen LogP contribution is 2.34. The van der Waals surface area contributed by atoms with Crippen molar-refractivity contribution in [3.8, 4) is 0 Å². The van der Waals surface area contributed by atoms with Gasteiger partial charge in [-0.1, -0.05) is 18.2 Å². The smallest absolute Gasteiger partial charge is 0.278 e. The quantitative estimate of drug-likeness (QED) is 0.802. The minimum Gasteiger partial charge on any atom is -0.395 e. The zero-order valence-electron chi connectivity index (χ0n) is 13.6. The summed E-state index contributed by atoms with van der Waals surface area (Å²) < 4.78 is 13.1. The van der Waals surface area contributed by atoms with Crippen molar-refractivity contribution in [1.82, 2.24) is 9.80 Å². The average Bonchev–Trinajstić information content (AvgIpc) is 3.19. The number of halogens is 1. The van der Waals surface area contributed by atoms with E-state index >= 15 is 0 Å². The molecular formula is C18H17FN2O3S. The van der Waals surface area contributed by atoms with Crippen LogP contribution in [0.3, 0.4) is 0 Å². The van der Waals surface area contributed by atoms with Gasteiger partial charge in [0.1, 0.15) is 11.5 Å². The van der Waals surface area contributed by atoms with Crippen LogP contribution in [0.2, 0.25) is 0 Å². The lowest BCUT2D eigenvalue weighted by molar-refractivity contribution is -0.138. The van der Waals surface area contributed by atoms with E-state index in [1.807, 2.05) is 11.4 Å². The minimum atomic E-state index is -0.409. The highest BCUT2D eigenvalue weighted by Gasteiger charge is 2.41. The molecule has 1 aliphatic heterocycles. The number of benzene rings is 1. The van der Waals surface area contributed by atoms with E-state index in [9.17, 15) is 19.1 Å². The van der Waals surface area contributed by atoms with Crippen LogP contribution in [-0.4, -0.2) is 46.9 Å². The first-order valence-electron chi connectivity index (χ1n) is 7.73. The monoisotopic (exact) mass is 360 g/mol. The standard InChI is InChI=1S/C18H17FN2O3S/c1-20(8-9-22)16-15(14-3-2-10-25-14)17(23)21(18(16)24)11-12-4-6-13(19)7-5-12/h2-7,10,22H,8-9,11H2,1H3. The van der Waals surface area contributed by atoms with Crippen LogP contribution in [0.25, 0.3) is 5.57 Å². The Morgan fingerprint density at radius 1 is 1.16 bits per heavy atom. The fourth-order valence-corrected chi connectivity index (χ4v) is 3.50. The Labute approximate surface area is 148 Å². The zero-order valence-corrected chi connectivity index (χ0v) is 14.4. The summed E-state index contributed by atoms with van der Waals surface area (Å²) in [5, 5.41) is 11.0. The van der Waals surface area contributed by atoms with Crippen LogP contribution in [0.5, 0.6) is 0 Å². The number of hydrogen-bond acceptors (Lipinski definition) is 5. The maximum atomic E-state index is 13.1. The van der Waals surface area contributed by atoms with E-state index < -0.39 is 5.91 Å². The third kappa shape index (κ3) is 3.33. The SMILES string of the molecule is CN(CCO)C1=C(c2cccs2)C(=O)N(Cc2ccc(F)cc2)C1=O. The first kappa shape index (κ1) is 17.3. The van der Waals surface area contributed by atoms with E-state index in [-0.39, 0.29) is 37.1 Å². The van der Waals surface area contributed by atoms with Gasteiger partial charge in [0.05, 0.1) is 18.7 Å². The van der Waals surface area contributed by atoms with Crippen LogP contribution in [0, 0.1) is 5.82 Å². The second-order valence-corrected chi connectivity index (χ2v) is 6.62. The third-order valence-corrected chi connectivity index (χ3v) is 4.87. The number of carbonyl (C=O) groups excluding carboxylic acids is 2. The molecule has 1 aromatic carbocycles. The number of nitrogens with zero attached hydrogens (tertiary/aromatic N) is 2. The van der Waals surface area contributed by atoms with Crippen molar-refractivity contribution in [2.75, 3.05) is 20.2 Å². The molecule has 2 amide bonds. The molecule has 7 heteroatoms.